The van der Waals surface area contributed by atoms with Crippen LogP contribution in [0.2, 0.25) is 5.02 Å². The van der Waals surface area contributed by atoms with Crippen LogP contribution in [-0.2, 0) is 12.8 Å². The Hall–Kier alpha value is -2.90. The van der Waals surface area contributed by atoms with Crippen molar-refractivity contribution in [1.82, 2.24) is 4.98 Å². The molecule has 0 bridgehead atoms. The van der Waals surface area contributed by atoms with Gasteiger partial charge in [0, 0.05) is 22.3 Å². The fourth-order valence-electron chi connectivity index (χ4n) is 3.38. The molecular formula is C21H16ClN3O. The van der Waals surface area contributed by atoms with Crippen LogP contribution < -0.4 is 5.32 Å². The Balaban J connectivity index is 1.68. The lowest BCUT2D eigenvalue weighted by Crippen LogP contribution is -2.12. The monoisotopic (exact) mass is 361 g/mol. The van der Waals surface area contributed by atoms with Crippen LogP contribution in [-0.4, -0.2) is 10.9 Å². The first-order valence-corrected chi connectivity index (χ1v) is 8.96. The molecule has 2 aromatic carbocycles. The van der Waals surface area contributed by atoms with Crippen molar-refractivity contribution in [1.29, 1.82) is 5.26 Å². The van der Waals surface area contributed by atoms with E-state index < -0.39 is 0 Å². The summed E-state index contributed by atoms with van der Waals surface area (Å²) in [4.78, 5) is 17.3. The van der Waals surface area contributed by atoms with Crippen LogP contribution in [0.4, 0.5) is 5.69 Å². The normalized spacial score (nSPS) is 13.1. The van der Waals surface area contributed by atoms with Gasteiger partial charge in [0.1, 0.15) is 0 Å². The van der Waals surface area contributed by atoms with E-state index in [0.717, 1.165) is 52.9 Å². The molecule has 0 spiro atoms. The summed E-state index contributed by atoms with van der Waals surface area (Å²) in [6, 6.07) is 14.3. The number of halogens is 1. The van der Waals surface area contributed by atoms with E-state index in [1.165, 1.54) is 0 Å². The van der Waals surface area contributed by atoms with E-state index in [9.17, 15) is 4.79 Å². The highest BCUT2D eigenvalue weighted by atomic mass is 35.5. The van der Waals surface area contributed by atoms with Gasteiger partial charge in [-0.1, -0.05) is 23.7 Å². The molecule has 0 saturated carbocycles. The second-order valence-electron chi connectivity index (χ2n) is 6.44. The zero-order valence-electron chi connectivity index (χ0n) is 14.1. The number of anilines is 1. The second-order valence-corrected chi connectivity index (χ2v) is 6.81. The highest BCUT2D eigenvalue weighted by Gasteiger charge is 2.18. The molecule has 1 aromatic heterocycles. The van der Waals surface area contributed by atoms with E-state index in [0.29, 0.717) is 16.8 Å². The molecule has 26 heavy (non-hydrogen) atoms. The lowest BCUT2D eigenvalue weighted by atomic mass is 9.94. The number of aromatic nitrogens is 1. The molecule has 5 heteroatoms. The highest BCUT2D eigenvalue weighted by Crippen LogP contribution is 2.33. The molecule has 0 saturated heterocycles. The maximum absolute atomic E-state index is 12.6. The molecule has 4 nitrogen and oxygen atoms in total. The smallest absolute Gasteiger partial charge is 0.255 e. The predicted octanol–water partition coefficient (Wildman–Crippen LogP) is 4.89. The quantitative estimate of drug-likeness (QED) is 0.706. The fourth-order valence-corrected chi connectivity index (χ4v) is 3.74. The number of nitriles is 1. The third-order valence-electron chi connectivity index (χ3n) is 4.70. The number of nitrogens with zero attached hydrogens (tertiary/aromatic N) is 2. The van der Waals surface area contributed by atoms with Crippen molar-refractivity contribution in [3.05, 3.63) is 69.9 Å². The van der Waals surface area contributed by atoms with Crippen molar-refractivity contribution in [3.63, 3.8) is 0 Å². The van der Waals surface area contributed by atoms with Crippen molar-refractivity contribution in [2.75, 3.05) is 5.32 Å². The summed E-state index contributed by atoms with van der Waals surface area (Å²) in [7, 11) is 0. The fraction of sp³-hybridized carbons (Fsp3) is 0.190. The first-order valence-electron chi connectivity index (χ1n) is 8.58. The average Bonchev–Trinajstić information content (AvgIpc) is 2.68. The molecule has 128 valence electrons. The summed E-state index contributed by atoms with van der Waals surface area (Å²) in [6.45, 7) is 0. The maximum Gasteiger partial charge on any atom is 0.255 e. The van der Waals surface area contributed by atoms with Gasteiger partial charge in [0.05, 0.1) is 22.2 Å². The van der Waals surface area contributed by atoms with Crippen molar-refractivity contribution in [2.45, 2.75) is 25.7 Å². The molecule has 1 amide bonds. The van der Waals surface area contributed by atoms with Gasteiger partial charge in [-0.2, -0.15) is 5.26 Å². The molecule has 1 aliphatic carbocycles. The third-order valence-corrected chi connectivity index (χ3v) is 5.14. The number of rotatable bonds is 2. The molecule has 4 rings (SSSR count). The number of pyridine rings is 1. The number of carbonyl (C=O) groups excluding carboxylic acids is 1. The van der Waals surface area contributed by atoms with Crippen LogP contribution in [0.1, 0.15) is 40.0 Å². The lowest BCUT2D eigenvalue weighted by Gasteiger charge is -2.18. The minimum Gasteiger partial charge on any atom is -0.322 e. The number of fused-ring (bicyclic) bond motifs is 2. The van der Waals surface area contributed by atoms with Gasteiger partial charge in [0.25, 0.3) is 5.91 Å². The zero-order chi connectivity index (χ0) is 18.1. The average molecular weight is 362 g/mol. The summed E-state index contributed by atoms with van der Waals surface area (Å²) in [6.07, 6.45) is 4.16. The molecule has 0 radical (unpaired) electrons. The minimum atomic E-state index is -0.238. The van der Waals surface area contributed by atoms with Gasteiger partial charge in [-0.25, -0.2) is 0 Å². The topological polar surface area (TPSA) is 65.8 Å². The Bertz CT molecular complexity index is 1070. The van der Waals surface area contributed by atoms with Crippen molar-refractivity contribution in [3.8, 4) is 6.07 Å². The standard InChI is InChI=1S/C21H16ClN3O/c22-20-16-6-1-2-7-18(16)25-19-11-14(8-9-17(19)20)21(26)24-15-5-3-4-13(10-15)12-23/h3-5,8-11H,1-2,6-7H2,(H,24,26). The Labute approximate surface area is 156 Å². The number of carbonyl (C=O) groups is 1. The summed E-state index contributed by atoms with van der Waals surface area (Å²) < 4.78 is 0. The summed E-state index contributed by atoms with van der Waals surface area (Å²) in [5.74, 6) is -0.238. The van der Waals surface area contributed by atoms with E-state index in [-0.39, 0.29) is 5.91 Å². The number of hydrogen-bond donors (Lipinski definition) is 1. The summed E-state index contributed by atoms with van der Waals surface area (Å²) in [5, 5.41) is 13.4. The molecule has 3 aromatic rings. The van der Waals surface area contributed by atoms with E-state index in [1.54, 1.807) is 36.4 Å². The molecule has 0 aliphatic heterocycles. The molecular weight excluding hydrogens is 346 g/mol. The van der Waals surface area contributed by atoms with Crippen LogP contribution >= 0.6 is 11.6 Å². The Kier molecular flexibility index (Phi) is 4.32. The molecule has 0 unspecified atom stereocenters. The van der Waals surface area contributed by atoms with Gasteiger partial charge in [-0.15, -0.1) is 0 Å². The molecule has 1 heterocycles. The van der Waals surface area contributed by atoms with Crippen molar-refractivity contribution >= 4 is 34.1 Å². The van der Waals surface area contributed by atoms with E-state index in [2.05, 4.69) is 11.4 Å². The number of hydrogen-bond acceptors (Lipinski definition) is 3. The number of amides is 1. The van der Waals surface area contributed by atoms with Crippen LogP contribution in [0.25, 0.3) is 10.9 Å². The van der Waals surface area contributed by atoms with Gasteiger partial charge in [0.2, 0.25) is 0 Å². The first kappa shape index (κ1) is 16.6. The molecule has 1 aliphatic rings. The lowest BCUT2D eigenvalue weighted by molar-refractivity contribution is 0.102. The Morgan fingerprint density at radius 2 is 2.00 bits per heavy atom. The number of benzene rings is 2. The van der Waals surface area contributed by atoms with Gasteiger partial charge in [-0.05, 0) is 61.6 Å². The zero-order valence-corrected chi connectivity index (χ0v) is 14.8. The SMILES string of the molecule is N#Cc1cccc(NC(=O)c2ccc3c(Cl)c4c(nc3c2)CCCC4)c1. The largest absolute Gasteiger partial charge is 0.322 e. The number of nitrogens with one attached hydrogen (secondary N) is 1. The first-order chi connectivity index (χ1) is 12.7. The van der Waals surface area contributed by atoms with Gasteiger partial charge >= 0.3 is 0 Å². The van der Waals surface area contributed by atoms with E-state index in [1.807, 2.05) is 6.07 Å². The minimum absolute atomic E-state index is 0.238. The van der Waals surface area contributed by atoms with E-state index in [4.69, 9.17) is 21.8 Å². The summed E-state index contributed by atoms with van der Waals surface area (Å²) in [5.41, 5.74) is 4.55. The molecule has 1 N–H and O–H groups in total. The van der Waals surface area contributed by atoms with Crippen molar-refractivity contribution < 1.29 is 4.79 Å². The van der Waals surface area contributed by atoms with Gasteiger partial charge in [-0.3, -0.25) is 9.78 Å². The second kappa shape index (κ2) is 6.78. The number of aryl methyl sites for hydroxylation is 1. The summed E-state index contributed by atoms with van der Waals surface area (Å²) >= 11 is 6.58. The van der Waals surface area contributed by atoms with E-state index >= 15 is 0 Å². The van der Waals surface area contributed by atoms with Crippen LogP contribution in [0.3, 0.4) is 0 Å². The Morgan fingerprint density at radius 1 is 1.15 bits per heavy atom. The molecule has 0 fully saturated rings. The predicted molar refractivity (Wildman–Crippen MR) is 103 cm³/mol. The van der Waals surface area contributed by atoms with Gasteiger partial charge in [0.15, 0.2) is 0 Å². The van der Waals surface area contributed by atoms with Crippen molar-refractivity contribution in [2.24, 2.45) is 0 Å². The highest BCUT2D eigenvalue weighted by molar-refractivity contribution is 6.36. The molecule has 0 atom stereocenters. The maximum atomic E-state index is 12.6. The Morgan fingerprint density at radius 3 is 2.85 bits per heavy atom. The van der Waals surface area contributed by atoms with Gasteiger partial charge < -0.3 is 5.32 Å². The van der Waals surface area contributed by atoms with Crippen LogP contribution in [0.5, 0.6) is 0 Å². The third kappa shape index (κ3) is 3.02. The van der Waals surface area contributed by atoms with Crippen LogP contribution in [0.15, 0.2) is 42.5 Å². The van der Waals surface area contributed by atoms with Crippen LogP contribution in [0, 0.1) is 11.3 Å².